The fourth-order valence-corrected chi connectivity index (χ4v) is 9.54. The van der Waals surface area contributed by atoms with Crippen molar-refractivity contribution < 1.29 is 29.4 Å². The molecule has 0 aliphatic carbocycles. The van der Waals surface area contributed by atoms with Crippen molar-refractivity contribution in [2.24, 2.45) is 0 Å². The molecule has 2 fully saturated rings. The number of thioether (sulfide) groups is 2. The van der Waals surface area contributed by atoms with Crippen molar-refractivity contribution in [2.45, 2.75) is 20.5 Å². The summed E-state index contributed by atoms with van der Waals surface area (Å²) < 4.78 is 0. The molecule has 4 aromatic carbocycles. The number of aliphatic carboxylic acids is 2. The first-order chi connectivity index (χ1) is 20.3. The highest BCUT2D eigenvalue weighted by Crippen LogP contribution is 2.44. The van der Waals surface area contributed by atoms with Crippen molar-refractivity contribution in [3.05, 3.63) is 83.9 Å². The number of nitrogens with zero attached hydrogens (tertiary/aromatic N) is 2. The summed E-state index contributed by atoms with van der Waals surface area (Å²) in [5.74, 6) is -1.71. The van der Waals surface area contributed by atoms with E-state index < -0.39 is 22.7 Å². The Labute approximate surface area is 257 Å². The van der Waals surface area contributed by atoms with Gasteiger partial charge in [-0.25, -0.2) is 9.59 Å². The van der Waals surface area contributed by atoms with Crippen LogP contribution in [0.15, 0.2) is 82.6 Å². The second-order valence-electron chi connectivity index (χ2n) is 9.68. The standard InChI is InChI=1S/C30H24N2O6S4/c33-25(31-9-11-39-27(31)29(35)36)21-13-17-5-1-3-7-19(17)15-23(21)41-42-24-16-20-8-4-2-6-18(20)14-22(24)26(34)32-10-12-40-28(32)30(37)38/h1-8,13-16,27-28H,9-12H2,(H,35,36)(H,37,38). The van der Waals surface area contributed by atoms with Crippen LogP contribution >= 0.6 is 45.1 Å². The van der Waals surface area contributed by atoms with Crippen LogP contribution in [0.1, 0.15) is 20.7 Å². The summed E-state index contributed by atoms with van der Waals surface area (Å²) in [5, 5.41) is 21.1. The third-order valence-electron chi connectivity index (χ3n) is 7.10. The minimum atomic E-state index is -1.05. The second kappa shape index (κ2) is 12.1. The molecule has 2 atom stereocenters. The number of carbonyl (C=O) groups excluding carboxylic acids is 2. The zero-order chi connectivity index (χ0) is 29.4. The van der Waals surface area contributed by atoms with Crippen molar-refractivity contribution >= 4 is 90.4 Å². The summed E-state index contributed by atoms with van der Waals surface area (Å²) in [6.07, 6.45) is 0. The maximum absolute atomic E-state index is 13.8. The molecule has 0 saturated carbocycles. The van der Waals surface area contributed by atoms with Crippen LogP contribution in [0, 0.1) is 0 Å². The third-order valence-corrected chi connectivity index (χ3v) is 11.9. The molecule has 2 amide bonds. The molecule has 0 spiro atoms. The van der Waals surface area contributed by atoms with E-state index in [4.69, 9.17) is 0 Å². The SMILES string of the molecule is O=C(O)C1SCCN1C(=O)c1cc2ccccc2cc1SSc1cc2ccccc2cc1C(=O)N1CCSC1C(=O)O. The number of hydrogen-bond acceptors (Lipinski definition) is 8. The first kappa shape index (κ1) is 28.8. The van der Waals surface area contributed by atoms with Crippen LogP contribution in [-0.4, -0.2) is 79.1 Å². The Morgan fingerprint density at radius 1 is 0.619 bits per heavy atom. The molecule has 2 unspecified atom stereocenters. The van der Waals surface area contributed by atoms with E-state index >= 15 is 0 Å². The second-order valence-corrected chi connectivity index (χ2v) is 14.3. The zero-order valence-corrected chi connectivity index (χ0v) is 25.2. The van der Waals surface area contributed by atoms with Crippen molar-refractivity contribution in [1.29, 1.82) is 0 Å². The summed E-state index contributed by atoms with van der Waals surface area (Å²) in [7, 11) is 2.65. The van der Waals surface area contributed by atoms with Gasteiger partial charge < -0.3 is 20.0 Å². The lowest BCUT2D eigenvalue weighted by Crippen LogP contribution is -2.39. The van der Waals surface area contributed by atoms with E-state index in [0.717, 1.165) is 21.5 Å². The van der Waals surface area contributed by atoms with Gasteiger partial charge in [0.15, 0.2) is 10.7 Å². The van der Waals surface area contributed by atoms with Gasteiger partial charge in [-0.3, -0.25) is 9.59 Å². The molecule has 8 nitrogen and oxygen atoms in total. The molecular weight excluding hydrogens is 613 g/mol. The average molecular weight is 637 g/mol. The number of fused-ring (bicyclic) bond motifs is 2. The van der Waals surface area contributed by atoms with Crippen LogP contribution in [0.2, 0.25) is 0 Å². The van der Waals surface area contributed by atoms with E-state index in [-0.39, 0.29) is 11.8 Å². The molecular formula is C30H24N2O6S4. The molecule has 42 heavy (non-hydrogen) atoms. The number of hydrogen-bond donors (Lipinski definition) is 2. The van der Waals surface area contributed by atoms with Gasteiger partial charge in [-0.1, -0.05) is 70.1 Å². The Balaban J connectivity index is 1.39. The summed E-state index contributed by atoms with van der Waals surface area (Å²) in [6, 6.07) is 22.8. The highest BCUT2D eigenvalue weighted by molar-refractivity contribution is 8.76. The number of benzene rings is 4. The number of amides is 2. The van der Waals surface area contributed by atoms with Gasteiger partial charge in [0, 0.05) is 34.4 Å². The van der Waals surface area contributed by atoms with Gasteiger partial charge in [-0.05, 0) is 45.8 Å². The maximum atomic E-state index is 13.8. The van der Waals surface area contributed by atoms with Gasteiger partial charge in [0.25, 0.3) is 11.8 Å². The topological polar surface area (TPSA) is 115 Å². The molecule has 4 aromatic rings. The van der Waals surface area contributed by atoms with Gasteiger partial charge in [0.1, 0.15) is 0 Å². The molecule has 2 N–H and O–H groups in total. The van der Waals surface area contributed by atoms with Gasteiger partial charge in [0.2, 0.25) is 0 Å². The van der Waals surface area contributed by atoms with E-state index in [9.17, 15) is 29.4 Å². The lowest BCUT2D eigenvalue weighted by molar-refractivity contribution is -0.139. The van der Waals surface area contributed by atoms with Crippen molar-refractivity contribution in [2.75, 3.05) is 24.6 Å². The Bertz CT molecular complexity index is 1620. The summed E-state index contributed by atoms with van der Waals surface area (Å²) in [4.78, 5) is 55.3. The van der Waals surface area contributed by atoms with E-state index in [0.29, 0.717) is 45.5 Å². The number of carboxylic acids is 2. The van der Waals surface area contributed by atoms with Crippen molar-refractivity contribution in [3.8, 4) is 0 Å². The average Bonchev–Trinajstić information content (AvgIpc) is 3.69. The molecule has 12 heteroatoms. The van der Waals surface area contributed by atoms with Crippen LogP contribution in [0.25, 0.3) is 21.5 Å². The molecule has 2 aliphatic rings. The fraction of sp³-hybridized carbons (Fsp3) is 0.200. The Morgan fingerprint density at radius 2 is 0.976 bits per heavy atom. The van der Waals surface area contributed by atoms with E-state index in [2.05, 4.69) is 0 Å². The lowest BCUT2D eigenvalue weighted by atomic mass is 10.1. The fourth-order valence-electron chi connectivity index (χ4n) is 5.08. The predicted octanol–water partition coefficient (Wildman–Crippen LogP) is 5.99. The van der Waals surface area contributed by atoms with Crippen LogP contribution in [-0.2, 0) is 9.59 Å². The van der Waals surface area contributed by atoms with Gasteiger partial charge in [-0.2, -0.15) is 0 Å². The maximum Gasteiger partial charge on any atom is 0.337 e. The minimum Gasteiger partial charge on any atom is -0.479 e. The van der Waals surface area contributed by atoms with Crippen molar-refractivity contribution in [3.63, 3.8) is 0 Å². The van der Waals surface area contributed by atoms with Crippen LogP contribution in [0.5, 0.6) is 0 Å². The number of carboxylic acid groups (broad SMARTS) is 2. The molecule has 0 radical (unpaired) electrons. The summed E-state index contributed by atoms with van der Waals surface area (Å²) in [6.45, 7) is 0.679. The van der Waals surface area contributed by atoms with E-state index in [1.165, 1.54) is 54.9 Å². The van der Waals surface area contributed by atoms with Crippen LogP contribution in [0.4, 0.5) is 0 Å². The van der Waals surface area contributed by atoms with Gasteiger partial charge in [0.05, 0.1) is 11.1 Å². The van der Waals surface area contributed by atoms with Gasteiger partial charge >= 0.3 is 11.9 Å². The van der Waals surface area contributed by atoms with E-state index in [1.807, 2.05) is 60.7 Å². The number of rotatable bonds is 7. The molecule has 2 heterocycles. The quantitative estimate of drug-likeness (QED) is 0.234. The monoisotopic (exact) mass is 636 g/mol. The van der Waals surface area contributed by atoms with Crippen LogP contribution < -0.4 is 0 Å². The zero-order valence-electron chi connectivity index (χ0n) is 22.0. The first-order valence-electron chi connectivity index (χ1n) is 13.0. The molecule has 2 aliphatic heterocycles. The molecule has 6 rings (SSSR count). The highest BCUT2D eigenvalue weighted by atomic mass is 33.1. The van der Waals surface area contributed by atoms with Crippen molar-refractivity contribution in [1.82, 2.24) is 9.80 Å². The predicted molar refractivity (Wildman–Crippen MR) is 169 cm³/mol. The Morgan fingerprint density at radius 3 is 1.33 bits per heavy atom. The Hall–Kier alpha value is -3.32. The molecule has 0 bridgehead atoms. The summed E-state index contributed by atoms with van der Waals surface area (Å²) >= 11 is 2.46. The van der Waals surface area contributed by atoms with Crippen LogP contribution in [0.3, 0.4) is 0 Å². The minimum absolute atomic E-state index is 0.340. The first-order valence-corrected chi connectivity index (χ1v) is 17.3. The smallest absolute Gasteiger partial charge is 0.337 e. The highest BCUT2D eigenvalue weighted by Gasteiger charge is 2.37. The summed E-state index contributed by atoms with van der Waals surface area (Å²) in [5.41, 5.74) is 0.797. The molecule has 2 saturated heterocycles. The molecule has 214 valence electrons. The molecule has 0 aromatic heterocycles. The van der Waals surface area contributed by atoms with E-state index in [1.54, 1.807) is 12.1 Å². The number of carbonyl (C=O) groups is 4. The van der Waals surface area contributed by atoms with Gasteiger partial charge in [-0.15, -0.1) is 23.5 Å². The third kappa shape index (κ3) is 5.56. The Kier molecular flexibility index (Phi) is 8.30. The largest absolute Gasteiger partial charge is 0.479 e. The normalized spacial score (nSPS) is 18.6. The lowest BCUT2D eigenvalue weighted by Gasteiger charge is -2.23.